The number of nitrogens with zero attached hydrogens (tertiary/aromatic N) is 2. The molecule has 2 aromatic rings. The Hall–Kier alpha value is -2.96. The Morgan fingerprint density at radius 2 is 2.00 bits per heavy atom. The predicted octanol–water partition coefficient (Wildman–Crippen LogP) is 5.13. The molecule has 0 aliphatic heterocycles. The van der Waals surface area contributed by atoms with Crippen LogP contribution in [0.3, 0.4) is 0 Å². The second kappa shape index (κ2) is 9.04. The van der Waals surface area contributed by atoms with E-state index in [1.807, 2.05) is 19.9 Å². The van der Waals surface area contributed by atoms with Crippen molar-refractivity contribution >= 4 is 12.2 Å². The van der Waals surface area contributed by atoms with E-state index in [2.05, 4.69) is 10.1 Å². The number of rotatable bonds is 9. The number of para-hydroxylation sites is 1. The van der Waals surface area contributed by atoms with Gasteiger partial charge in [0, 0.05) is 12.1 Å². The monoisotopic (exact) mass is 426 g/mol. The van der Waals surface area contributed by atoms with Gasteiger partial charge in [0.1, 0.15) is 19.0 Å². The number of oxime groups is 1. The number of carbonyl (C=O) groups excluding carboxylic acids is 1. The predicted molar refractivity (Wildman–Crippen MR) is 113 cm³/mol. The Bertz CT molecular complexity index is 944. The highest BCUT2D eigenvalue weighted by Crippen LogP contribution is 2.57. The normalized spacial score (nSPS) is 22.0. The van der Waals surface area contributed by atoms with Crippen molar-refractivity contribution in [3.63, 3.8) is 0 Å². The second-order valence-electron chi connectivity index (χ2n) is 8.78. The standard InChI is InChI=1S/C24H27FN2O4/c1-24(2)19(13-26-30-14-16-7-6-8-16)21(24)23(28)29-15-17-11-12-20(25)22(27-17)31-18-9-4-3-5-10-18/h3-5,9-13,16,19,21H,6-8,14-15H2,1-2H3. The molecule has 1 heterocycles. The third kappa shape index (κ3) is 5.03. The topological polar surface area (TPSA) is 70.0 Å². The van der Waals surface area contributed by atoms with E-state index < -0.39 is 5.82 Å². The third-order valence-corrected chi connectivity index (χ3v) is 6.19. The van der Waals surface area contributed by atoms with Gasteiger partial charge in [0.15, 0.2) is 5.82 Å². The van der Waals surface area contributed by atoms with Crippen molar-refractivity contribution in [2.45, 2.75) is 39.7 Å². The quantitative estimate of drug-likeness (QED) is 0.316. The van der Waals surface area contributed by atoms with Crippen LogP contribution in [0.1, 0.15) is 38.8 Å². The SMILES string of the molecule is CC1(C)C(C=NOCC2CCC2)C1C(=O)OCc1ccc(F)c(Oc2ccccc2)n1. The molecule has 2 saturated carbocycles. The lowest BCUT2D eigenvalue weighted by atomic mass is 9.86. The fraction of sp³-hybridized carbons (Fsp3) is 0.458. The van der Waals surface area contributed by atoms with Gasteiger partial charge < -0.3 is 14.3 Å². The minimum atomic E-state index is -0.583. The second-order valence-corrected chi connectivity index (χ2v) is 8.78. The number of benzene rings is 1. The van der Waals surface area contributed by atoms with Crippen LogP contribution in [-0.4, -0.2) is 23.8 Å². The van der Waals surface area contributed by atoms with Crippen LogP contribution < -0.4 is 4.74 Å². The number of hydrogen-bond acceptors (Lipinski definition) is 6. The summed E-state index contributed by atoms with van der Waals surface area (Å²) in [5.41, 5.74) is 0.172. The largest absolute Gasteiger partial charge is 0.459 e. The summed E-state index contributed by atoms with van der Waals surface area (Å²) in [6.45, 7) is 4.59. The lowest BCUT2D eigenvalue weighted by Crippen LogP contribution is -2.16. The van der Waals surface area contributed by atoms with Gasteiger partial charge in [0.05, 0.1) is 11.6 Å². The lowest BCUT2D eigenvalue weighted by molar-refractivity contribution is -0.147. The highest BCUT2D eigenvalue weighted by molar-refractivity contribution is 5.85. The van der Waals surface area contributed by atoms with Crippen LogP contribution in [0.15, 0.2) is 47.6 Å². The van der Waals surface area contributed by atoms with Crippen LogP contribution in [0.2, 0.25) is 0 Å². The van der Waals surface area contributed by atoms with Crippen molar-refractivity contribution in [2.75, 3.05) is 6.61 Å². The molecule has 0 N–H and O–H groups in total. The molecule has 2 aliphatic rings. The first-order valence-electron chi connectivity index (χ1n) is 10.7. The van der Waals surface area contributed by atoms with E-state index in [1.165, 1.54) is 31.4 Å². The zero-order chi connectivity index (χ0) is 21.8. The molecule has 6 nitrogen and oxygen atoms in total. The molecule has 1 aromatic carbocycles. The smallest absolute Gasteiger partial charge is 0.310 e. The van der Waals surface area contributed by atoms with Gasteiger partial charge in [-0.3, -0.25) is 4.79 Å². The maximum Gasteiger partial charge on any atom is 0.310 e. The van der Waals surface area contributed by atoms with Gasteiger partial charge >= 0.3 is 5.97 Å². The summed E-state index contributed by atoms with van der Waals surface area (Å²) >= 11 is 0. The maximum atomic E-state index is 14.0. The minimum absolute atomic E-state index is 0.0282. The van der Waals surface area contributed by atoms with E-state index in [0.29, 0.717) is 24.0 Å². The fourth-order valence-corrected chi connectivity index (χ4v) is 3.77. The van der Waals surface area contributed by atoms with Crippen LogP contribution in [0, 0.1) is 29.0 Å². The van der Waals surface area contributed by atoms with Crippen LogP contribution >= 0.6 is 0 Å². The summed E-state index contributed by atoms with van der Waals surface area (Å²) in [4.78, 5) is 22.1. The number of hydrogen-bond donors (Lipinski definition) is 0. The van der Waals surface area contributed by atoms with Gasteiger partial charge in [0.25, 0.3) is 5.88 Å². The molecule has 2 unspecified atom stereocenters. The summed E-state index contributed by atoms with van der Waals surface area (Å²) in [5, 5.41) is 4.06. The number of carbonyl (C=O) groups is 1. The van der Waals surface area contributed by atoms with Gasteiger partial charge in [-0.15, -0.1) is 0 Å². The van der Waals surface area contributed by atoms with Gasteiger partial charge in [0.2, 0.25) is 0 Å². The molecule has 2 aliphatic carbocycles. The molecule has 2 atom stereocenters. The summed E-state index contributed by atoms with van der Waals surface area (Å²) in [5.74, 6) is -0.283. The van der Waals surface area contributed by atoms with Crippen molar-refractivity contribution < 1.29 is 23.5 Å². The molecule has 0 saturated heterocycles. The average molecular weight is 426 g/mol. The molecule has 0 radical (unpaired) electrons. The number of pyridine rings is 1. The Kier molecular flexibility index (Phi) is 6.20. The molecule has 0 spiro atoms. The summed E-state index contributed by atoms with van der Waals surface area (Å²) in [7, 11) is 0. The zero-order valence-corrected chi connectivity index (χ0v) is 17.8. The number of ether oxygens (including phenoxy) is 2. The lowest BCUT2D eigenvalue weighted by Gasteiger charge is -2.23. The molecular formula is C24H27FN2O4. The van der Waals surface area contributed by atoms with E-state index in [-0.39, 0.29) is 35.7 Å². The molecule has 0 bridgehead atoms. The molecule has 0 amide bonds. The molecule has 31 heavy (non-hydrogen) atoms. The molecule has 4 rings (SSSR count). The molecular weight excluding hydrogens is 399 g/mol. The summed E-state index contributed by atoms with van der Waals surface area (Å²) in [6.07, 6.45) is 5.39. The zero-order valence-electron chi connectivity index (χ0n) is 17.8. The van der Waals surface area contributed by atoms with Crippen LogP contribution in [0.5, 0.6) is 11.6 Å². The van der Waals surface area contributed by atoms with E-state index in [1.54, 1.807) is 30.5 Å². The average Bonchev–Trinajstić information content (AvgIpc) is 3.28. The third-order valence-electron chi connectivity index (χ3n) is 6.19. The van der Waals surface area contributed by atoms with Gasteiger partial charge in [-0.2, -0.15) is 0 Å². The van der Waals surface area contributed by atoms with Crippen molar-refractivity contribution in [1.82, 2.24) is 4.98 Å². The summed E-state index contributed by atoms with van der Waals surface area (Å²) in [6, 6.07) is 11.6. The van der Waals surface area contributed by atoms with E-state index in [4.69, 9.17) is 14.3 Å². The Labute approximate surface area is 181 Å². The molecule has 164 valence electrons. The van der Waals surface area contributed by atoms with E-state index >= 15 is 0 Å². The van der Waals surface area contributed by atoms with Crippen LogP contribution in [-0.2, 0) is 21.0 Å². The fourth-order valence-electron chi connectivity index (χ4n) is 3.77. The highest BCUT2D eigenvalue weighted by atomic mass is 19.1. The van der Waals surface area contributed by atoms with Crippen LogP contribution in [0.4, 0.5) is 4.39 Å². The van der Waals surface area contributed by atoms with Gasteiger partial charge in [-0.05, 0) is 48.4 Å². The Morgan fingerprint density at radius 3 is 2.71 bits per heavy atom. The van der Waals surface area contributed by atoms with E-state index in [9.17, 15) is 9.18 Å². The van der Waals surface area contributed by atoms with Crippen molar-refractivity contribution in [3.05, 3.63) is 54.0 Å². The Morgan fingerprint density at radius 1 is 1.23 bits per heavy atom. The molecule has 1 aromatic heterocycles. The summed E-state index contributed by atoms with van der Waals surface area (Å²) < 4.78 is 25.0. The Balaban J connectivity index is 1.30. The highest BCUT2D eigenvalue weighted by Gasteiger charge is 2.62. The number of esters is 1. The first-order valence-corrected chi connectivity index (χ1v) is 10.7. The number of aromatic nitrogens is 1. The van der Waals surface area contributed by atoms with Crippen LogP contribution in [0.25, 0.3) is 0 Å². The van der Waals surface area contributed by atoms with Crippen molar-refractivity contribution in [1.29, 1.82) is 0 Å². The van der Waals surface area contributed by atoms with Crippen molar-refractivity contribution in [2.24, 2.45) is 28.3 Å². The van der Waals surface area contributed by atoms with Gasteiger partial charge in [-0.1, -0.05) is 43.6 Å². The minimum Gasteiger partial charge on any atom is -0.459 e. The molecule has 2 fully saturated rings. The van der Waals surface area contributed by atoms with E-state index in [0.717, 1.165) is 0 Å². The van der Waals surface area contributed by atoms with Gasteiger partial charge in [-0.25, -0.2) is 9.37 Å². The molecule has 7 heteroatoms. The maximum absolute atomic E-state index is 14.0. The first-order chi connectivity index (χ1) is 14.9. The van der Waals surface area contributed by atoms with Crippen molar-refractivity contribution in [3.8, 4) is 11.6 Å². The first kappa shape index (κ1) is 21.3. The number of halogens is 1.